The highest BCUT2D eigenvalue weighted by Crippen LogP contribution is 2.28. The first-order valence-electron chi connectivity index (χ1n) is 6.71. The maximum absolute atomic E-state index is 5.65. The summed E-state index contributed by atoms with van der Waals surface area (Å²) in [5, 5.41) is 0. The topological polar surface area (TPSA) is 64.3 Å². The molecule has 1 aromatic heterocycles. The number of nitrogens with zero attached hydrogens (tertiary/aromatic N) is 3. The molecule has 0 unspecified atom stereocenters. The molecule has 0 spiro atoms. The summed E-state index contributed by atoms with van der Waals surface area (Å²) in [4.78, 5) is 11.1. The maximum atomic E-state index is 5.65. The van der Waals surface area contributed by atoms with E-state index >= 15 is 0 Å². The average Bonchev–Trinajstić information content (AvgIpc) is 2.39. The SMILES string of the molecule is NCC1CN(c2cc(C3CCOCC3)ncn2)C1. The maximum Gasteiger partial charge on any atom is 0.132 e. The lowest BCUT2D eigenvalue weighted by Crippen LogP contribution is -2.50. The van der Waals surface area contributed by atoms with E-state index in [1.165, 1.54) is 5.69 Å². The fraction of sp³-hybridized carbons (Fsp3) is 0.692. The molecule has 2 saturated heterocycles. The van der Waals surface area contributed by atoms with E-state index < -0.39 is 0 Å². The van der Waals surface area contributed by atoms with Crippen LogP contribution in [0.2, 0.25) is 0 Å². The predicted molar refractivity (Wildman–Crippen MR) is 69.6 cm³/mol. The zero-order valence-electron chi connectivity index (χ0n) is 10.6. The number of hydrogen-bond donors (Lipinski definition) is 1. The molecule has 2 N–H and O–H groups in total. The normalized spacial score (nSPS) is 21.9. The second kappa shape index (κ2) is 5.20. The monoisotopic (exact) mass is 248 g/mol. The Balaban J connectivity index is 1.69. The van der Waals surface area contributed by atoms with Gasteiger partial charge in [0.25, 0.3) is 0 Å². The summed E-state index contributed by atoms with van der Waals surface area (Å²) in [6.07, 6.45) is 3.83. The third kappa shape index (κ3) is 2.33. The predicted octanol–water partition coefficient (Wildman–Crippen LogP) is 0.765. The summed E-state index contributed by atoms with van der Waals surface area (Å²) in [5.74, 6) is 2.22. The van der Waals surface area contributed by atoms with E-state index in [2.05, 4.69) is 20.9 Å². The zero-order valence-corrected chi connectivity index (χ0v) is 10.6. The lowest BCUT2D eigenvalue weighted by molar-refractivity contribution is 0.0845. The molecule has 3 rings (SSSR count). The lowest BCUT2D eigenvalue weighted by Gasteiger charge is -2.39. The van der Waals surface area contributed by atoms with Crippen LogP contribution in [0.4, 0.5) is 5.82 Å². The molecule has 5 nitrogen and oxygen atoms in total. The number of rotatable bonds is 3. The molecule has 18 heavy (non-hydrogen) atoms. The molecule has 0 amide bonds. The molecule has 5 heteroatoms. The summed E-state index contributed by atoms with van der Waals surface area (Å²) in [6.45, 7) is 4.53. The fourth-order valence-corrected chi connectivity index (χ4v) is 2.66. The number of anilines is 1. The van der Waals surface area contributed by atoms with Crippen molar-refractivity contribution in [2.45, 2.75) is 18.8 Å². The van der Waals surface area contributed by atoms with Gasteiger partial charge in [0.15, 0.2) is 0 Å². The van der Waals surface area contributed by atoms with Crippen LogP contribution in [0.1, 0.15) is 24.5 Å². The van der Waals surface area contributed by atoms with Crippen LogP contribution in [-0.2, 0) is 4.74 Å². The van der Waals surface area contributed by atoms with Crippen molar-refractivity contribution in [3.05, 3.63) is 18.1 Å². The molecule has 0 radical (unpaired) electrons. The summed E-state index contributed by atoms with van der Waals surface area (Å²) in [7, 11) is 0. The van der Waals surface area contributed by atoms with Crippen molar-refractivity contribution in [3.8, 4) is 0 Å². The average molecular weight is 248 g/mol. The summed E-state index contributed by atoms with van der Waals surface area (Å²) in [6, 6.07) is 2.14. The van der Waals surface area contributed by atoms with Gasteiger partial charge in [-0.15, -0.1) is 0 Å². The van der Waals surface area contributed by atoms with Gasteiger partial charge in [-0.2, -0.15) is 0 Å². The van der Waals surface area contributed by atoms with Gasteiger partial charge < -0.3 is 15.4 Å². The first-order chi connectivity index (χ1) is 8.86. The van der Waals surface area contributed by atoms with Crippen molar-refractivity contribution in [2.24, 2.45) is 11.7 Å². The molecule has 98 valence electrons. The van der Waals surface area contributed by atoms with E-state index in [-0.39, 0.29) is 0 Å². The Kier molecular flexibility index (Phi) is 3.43. The standard InChI is InChI=1S/C13H20N4O/c14-6-10-7-17(8-10)13-5-12(15-9-16-13)11-1-3-18-4-2-11/h5,9-11H,1-4,6-8,14H2. The third-order valence-electron chi connectivity index (χ3n) is 3.93. The van der Waals surface area contributed by atoms with Gasteiger partial charge in [0.05, 0.1) is 0 Å². The van der Waals surface area contributed by atoms with E-state index in [1.807, 2.05) is 0 Å². The molecule has 0 bridgehead atoms. The Labute approximate surface area is 107 Å². The van der Waals surface area contributed by atoms with Crippen molar-refractivity contribution in [1.29, 1.82) is 0 Å². The highest BCUT2D eigenvalue weighted by Gasteiger charge is 2.27. The molecular weight excluding hydrogens is 228 g/mol. The van der Waals surface area contributed by atoms with Gasteiger partial charge in [0.2, 0.25) is 0 Å². The van der Waals surface area contributed by atoms with Crippen LogP contribution < -0.4 is 10.6 Å². The molecule has 1 aromatic rings. The van der Waals surface area contributed by atoms with E-state index in [1.54, 1.807) is 6.33 Å². The van der Waals surface area contributed by atoms with Crippen LogP contribution in [0.15, 0.2) is 12.4 Å². The van der Waals surface area contributed by atoms with Crippen molar-refractivity contribution in [2.75, 3.05) is 37.7 Å². The minimum Gasteiger partial charge on any atom is -0.381 e. The van der Waals surface area contributed by atoms with Gasteiger partial charge in [-0.1, -0.05) is 0 Å². The van der Waals surface area contributed by atoms with E-state index in [0.29, 0.717) is 11.8 Å². The Morgan fingerprint density at radius 1 is 1.28 bits per heavy atom. The van der Waals surface area contributed by atoms with Crippen LogP contribution >= 0.6 is 0 Å². The fourth-order valence-electron chi connectivity index (χ4n) is 2.66. The second-order valence-corrected chi connectivity index (χ2v) is 5.19. The highest BCUT2D eigenvalue weighted by molar-refractivity contribution is 5.42. The van der Waals surface area contributed by atoms with Crippen LogP contribution in [0.3, 0.4) is 0 Å². The van der Waals surface area contributed by atoms with E-state index in [4.69, 9.17) is 10.5 Å². The molecule has 0 aliphatic carbocycles. The van der Waals surface area contributed by atoms with Crippen molar-refractivity contribution < 1.29 is 4.74 Å². The lowest BCUT2D eigenvalue weighted by atomic mass is 9.95. The van der Waals surface area contributed by atoms with Gasteiger partial charge >= 0.3 is 0 Å². The molecule has 2 aliphatic rings. The van der Waals surface area contributed by atoms with Crippen LogP contribution in [0.5, 0.6) is 0 Å². The summed E-state index contributed by atoms with van der Waals surface area (Å²) >= 11 is 0. The van der Waals surface area contributed by atoms with Gasteiger partial charge in [-0.05, 0) is 19.4 Å². The minimum absolute atomic E-state index is 0.534. The summed E-state index contributed by atoms with van der Waals surface area (Å²) in [5.41, 5.74) is 6.81. The van der Waals surface area contributed by atoms with Gasteiger partial charge in [-0.25, -0.2) is 9.97 Å². The largest absolute Gasteiger partial charge is 0.381 e. The van der Waals surface area contributed by atoms with E-state index in [0.717, 1.165) is 51.5 Å². The highest BCUT2D eigenvalue weighted by atomic mass is 16.5. The molecular formula is C13H20N4O. The second-order valence-electron chi connectivity index (χ2n) is 5.19. The molecule has 0 atom stereocenters. The smallest absolute Gasteiger partial charge is 0.132 e. The minimum atomic E-state index is 0.534. The Morgan fingerprint density at radius 2 is 2.06 bits per heavy atom. The Hall–Kier alpha value is -1.20. The Morgan fingerprint density at radius 3 is 2.78 bits per heavy atom. The number of hydrogen-bond acceptors (Lipinski definition) is 5. The molecule has 0 aromatic carbocycles. The first kappa shape index (κ1) is 11.9. The van der Waals surface area contributed by atoms with Gasteiger partial charge in [0.1, 0.15) is 12.1 Å². The van der Waals surface area contributed by atoms with Crippen molar-refractivity contribution in [1.82, 2.24) is 9.97 Å². The molecule has 2 aliphatic heterocycles. The van der Waals surface area contributed by atoms with Gasteiger partial charge in [0, 0.05) is 49.9 Å². The molecule has 2 fully saturated rings. The van der Waals surface area contributed by atoms with Crippen molar-refractivity contribution in [3.63, 3.8) is 0 Å². The number of ether oxygens (including phenoxy) is 1. The molecule has 0 saturated carbocycles. The van der Waals surface area contributed by atoms with E-state index in [9.17, 15) is 0 Å². The van der Waals surface area contributed by atoms with Crippen LogP contribution in [0, 0.1) is 5.92 Å². The third-order valence-corrected chi connectivity index (χ3v) is 3.93. The zero-order chi connectivity index (χ0) is 12.4. The molecule has 3 heterocycles. The van der Waals surface area contributed by atoms with Crippen LogP contribution in [-0.4, -0.2) is 42.8 Å². The van der Waals surface area contributed by atoms with Gasteiger partial charge in [-0.3, -0.25) is 0 Å². The number of aromatic nitrogens is 2. The number of nitrogens with two attached hydrogens (primary N) is 1. The first-order valence-corrected chi connectivity index (χ1v) is 6.71. The Bertz CT molecular complexity index is 400. The summed E-state index contributed by atoms with van der Waals surface area (Å²) < 4.78 is 5.39. The van der Waals surface area contributed by atoms with Crippen LogP contribution in [0.25, 0.3) is 0 Å². The van der Waals surface area contributed by atoms with Crippen molar-refractivity contribution >= 4 is 5.82 Å². The quantitative estimate of drug-likeness (QED) is 0.855.